The van der Waals surface area contributed by atoms with Crippen LogP contribution >= 0.6 is 0 Å². The van der Waals surface area contributed by atoms with Gasteiger partial charge in [0.25, 0.3) is 0 Å². The maximum Gasteiger partial charge on any atom is 0.317 e. The molecule has 3 N–H and O–H groups in total. The van der Waals surface area contributed by atoms with E-state index in [9.17, 15) is 4.79 Å². The first-order valence-corrected chi connectivity index (χ1v) is 6.78. The van der Waals surface area contributed by atoms with Gasteiger partial charge in [0.15, 0.2) is 0 Å². The van der Waals surface area contributed by atoms with Crippen molar-refractivity contribution >= 4 is 6.03 Å². The van der Waals surface area contributed by atoms with E-state index in [-0.39, 0.29) is 6.03 Å². The summed E-state index contributed by atoms with van der Waals surface area (Å²) in [5.41, 5.74) is 5.67. The fraction of sp³-hybridized carbons (Fsp3) is 0.917. The van der Waals surface area contributed by atoms with Gasteiger partial charge in [-0.3, -0.25) is 4.90 Å². The summed E-state index contributed by atoms with van der Waals surface area (Å²) in [6.45, 7) is 5.11. The third-order valence-electron chi connectivity index (χ3n) is 3.86. The molecule has 1 saturated heterocycles. The van der Waals surface area contributed by atoms with Crippen molar-refractivity contribution in [3.63, 3.8) is 0 Å². The maximum absolute atomic E-state index is 11.4. The van der Waals surface area contributed by atoms with Crippen LogP contribution in [0.2, 0.25) is 0 Å². The third-order valence-corrected chi connectivity index (χ3v) is 3.86. The second kappa shape index (κ2) is 6.21. The summed E-state index contributed by atoms with van der Waals surface area (Å²) < 4.78 is 0. The van der Waals surface area contributed by atoms with Gasteiger partial charge in [-0.1, -0.05) is 12.8 Å². The molecule has 98 valence electrons. The van der Waals surface area contributed by atoms with Gasteiger partial charge in [0.2, 0.25) is 0 Å². The van der Waals surface area contributed by atoms with Crippen molar-refractivity contribution in [1.29, 1.82) is 0 Å². The normalized spacial score (nSPS) is 21.5. The molecule has 0 bridgehead atoms. The second-order valence-electron chi connectivity index (χ2n) is 4.98. The second-order valence-corrected chi connectivity index (χ2v) is 4.98. The Labute approximate surface area is 103 Å². The zero-order valence-electron chi connectivity index (χ0n) is 10.5. The lowest BCUT2D eigenvalue weighted by atomic mass is 10.2. The first-order chi connectivity index (χ1) is 8.31. The molecule has 1 heterocycles. The van der Waals surface area contributed by atoms with E-state index < -0.39 is 0 Å². The monoisotopic (exact) mass is 240 g/mol. The number of nitrogens with one attached hydrogen (secondary N) is 1. The molecular formula is C12H24N4O. The first-order valence-electron chi connectivity index (χ1n) is 6.78. The Morgan fingerprint density at radius 1 is 1.35 bits per heavy atom. The van der Waals surface area contributed by atoms with Crippen LogP contribution in [-0.2, 0) is 0 Å². The molecule has 1 saturated carbocycles. The smallest absolute Gasteiger partial charge is 0.317 e. The molecule has 5 nitrogen and oxygen atoms in total. The van der Waals surface area contributed by atoms with Crippen LogP contribution in [0, 0.1) is 0 Å². The molecule has 0 aromatic carbocycles. The number of nitrogens with two attached hydrogens (primary N) is 1. The van der Waals surface area contributed by atoms with Crippen molar-refractivity contribution in [2.24, 2.45) is 5.73 Å². The fourth-order valence-corrected chi connectivity index (χ4v) is 2.89. The molecule has 2 fully saturated rings. The van der Waals surface area contributed by atoms with Gasteiger partial charge in [-0.05, 0) is 12.8 Å². The number of amides is 2. The molecule has 2 amide bonds. The van der Waals surface area contributed by atoms with Crippen LogP contribution in [0.25, 0.3) is 0 Å². The minimum absolute atomic E-state index is 0.0871. The molecule has 0 aromatic rings. The largest absolute Gasteiger partial charge is 0.336 e. The summed E-state index contributed by atoms with van der Waals surface area (Å²) in [6.07, 6.45) is 5.28. The van der Waals surface area contributed by atoms with Gasteiger partial charge in [-0.2, -0.15) is 0 Å². The Morgan fingerprint density at radius 3 is 2.71 bits per heavy atom. The number of nitrogens with zero attached hydrogens (tertiary/aromatic N) is 2. The first kappa shape index (κ1) is 12.6. The van der Waals surface area contributed by atoms with Crippen LogP contribution in [-0.4, -0.2) is 61.1 Å². The maximum atomic E-state index is 11.4. The average molecular weight is 240 g/mol. The molecule has 0 radical (unpaired) electrons. The lowest BCUT2D eigenvalue weighted by molar-refractivity contribution is 0.174. The van der Waals surface area contributed by atoms with Crippen molar-refractivity contribution in [3.05, 3.63) is 0 Å². The van der Waals surface area contributed by atoms with E-state index in [1.165, 1.54) is 25.7 Å². The molecule has 0 aromatic heterocycles. The Hall–Kier alpha value is -0.810. The van der Waals surface area contributed by atoms with E-state index in [1.54, 1.807) is 0 Å². The van der Waals surface area contributed by atoms with Gasteiger partial charge < -0.3 is 16.0 Å². The topological polar surface area (TPSA) is 61.6 Å². The average Bonchev–Trinajstić information content (AvgIpc) is 2.96. The van der Waals surface area contributed by atoms with Crippen LogP contribution in [0.1, 0.15) is 25.7 Å². The lowest BCUT2D eigenvalue weighted by Crippen LogP contribution is -2.43. The molecule has 0 spiro atoms. The Kier molecular flexibility index (Phi) is 4.62. The van der Waals surface area contributed by atoms with E-state index in [0.29, 0.717) is 12.6 Å². The summed E-state index contributed by atoms with van der Waals surface area (Å²) in [4.78, 5) is 15.8. The van der Waals surface area contributed by atoms with Crippen LogP contribution < -0.4 is 11.1 Å². The van der Waals surface area contributed by atoms with E-state index in [2.05, 4.69) is 10.2 Å². The zero-order chi connectivity index (χ0) is 12.1. The van der Waals surface area contributed by atoms with Crippen molar-refractivity contribution in [2.75, 3.05) is 39.3 Å². The lowest BCUT2D eigenvalue weighted by Gasteiger charge is -2.29. The summed E-state index contributed by atoms with van der Waals surface area (Å²) in [7, 11) is 0. The molecule has 2 aliphatic rings. The Balaban J connectivity index is 1.78. The zero-order valence-corrected chi connectivity index (χ0v) is 10.5. The minimum Gasteiger partial charge on any atom is -0.336 e. The number of urea groups is 1. The molecule has 1 aliphatic carbocycles. The molecule has 5 heteroatoms. The van der Waals surface area contributed by atoms with Crippen LogP contribution in [0.4, 0.5) is 4.79 Å². The van der Waals surface area contributed by atoms with Crippen molar-refractivity contribution < 1.29 is 4.79 Å². The van der Waals surface area contributed by atoms with E-state index in [0.717, 1.165) is 32.7 Å². The summed E-state index contributed by atoms with van der Waals surface area (Å²) in [5.74, 6) is 0. The highest BCUT2D eigenvalue weighted by Crippen LogP contribution is 2.23. The van der Waals surface area contributed by atoms with Gasteiger partial charge >= 0.3 is 6.03 Å². The molecule has 2 rings (SSSR count). The SMILES string of the molecule is NCCN(CCN1CCNC1=O)C1CCCC1. The molecular weight excluding hydrogens is 216 g/mol. The van der Waals surface area contributed by atoms with Crippen molar-refractivity contribution in [3.8, 4) is 0 Å². The summed E-state index contributed by atoms with van der Waals surface area (Å²) in [6, 6.07) is 0.785. The highest BCUT2D eigenvalue weighted by Gasteiger charge is 2.24. The fourth-order valence-electron chi connectivity index (χ4n) is 2.89. The van der Waals surface area contributed by atoms with Crippen molar-refractivity contribution in [1.82, 2.24) is 15.1 Å². The number of hydrogen-bond acceptors (Lipinski definition) is 3. The number of rotatable bonds is 6. The van der Waals surface area contributed by atoms with E-state index in [1.807, 2.05) is 4.90 Å². The summed E-state index contributed by atoms with van der Waals surface area (Å²) >= 11 is 0. The number of hydrogen-bond donors (Lipinski definition) is 2. The highest BCUT2D eigenvalue weighted by molar-refractivity contribution is 5.76. The van der Waals surface area contributed by atoms with E-state index in [4.69, 9.17) is 5.73 Å². The standard InChI is InChI=1S/C12H24N4O/c13-5-7-15(11-3-1-2-4-11)9-10-16-8-6-14-12(16)17/h11H,1-10,13H2,(H,14,17). The minimum atomic E-state index is 0.0871. The molecule has 0 atom stereocenters. The Morgan fingerprint density at radius 2 is 2.12 bits per heavy atom. The number of carbonyl (C=O) groups is 1. The number of carbonyl (C=O) groups excluding carboxylic acids is 1. The van der Waals surface area contributed by atoms with Gasteiger partial charge in [-0.25, -0.2) is 4.79 Å². The molecule has 1 aliphatic heterocycles. The molecule has 17 heavy (non-hydrogen) atoms. The van der Waals surface area contributed by atoms with Gasteiger partial charge in [0.05, 0.1) is 0 Å². The quantitative estimate of drug-likeness (QED) is 0.698. The van der Waals surface area contributed by atoms with Crippen LogP contribution in [0.3, 0.4) is 0 Å². The van der Waals surface area contributed by atoms with Crippen molar-refractivity contribution in [2.45, 2.75) is 31.7 Å². The predicted molar refractivity (Wildman–Crippen MR) is 67.9 cm³/mol. The predicted octanol–water partition coefficient (Wildman–Crippen LogP) is 0.215. The molecule has 0 unspecified atom stereocenters. The summed E-state index contributed by atoms with van der Waals surface area (Å²) in [5, 5.41) is 2.84. The van der Waals surface area contributed by atoms with Gasteiger partial charge in [0, 0.05) is 45.3 Å². The van der Waals surface area contributed by atoms with Gasteiger partial charge in [0.1, 0.15) is 0 Å². The Bertz CT molecular complexity index is 253. The van der Waals surface area contributed by atoms with Crippen LogP contribution in [0.5, 0.6) is 0 Å². The van der Waals surface area contributed by atoms with E-state index >= 15 is 0 Å². The van der Waals surface area contributed by atoms with Gasteiger partial charge in [-0.15, -0.1) is 0 Å². The third kappa shape index (κ3) is 3.33. The highest BCUT2D eigenvalue weighted by atomic mass is 16.2. The van der Waals surface area contributed by atoms with Crippen LogP contribution in [0.15, 0.2) is 0 Å².